The van der Waals surface area contributed by atoms with Gasteiger partial charge in [-0.15, -0.1) is 0 Å². The first-order valence-corrected chi connectivity index (χ1v) is 7.80. The van der Waals surface area contributed by atoms with Crippen LogP contribution in [0.5, 0.6) is 0 Å². The molecular weight excluding hydrogens is 300 g/mol. The van der Waals surface area contributed by atoms with Gasteiger partial charge in [-0.25, -0.2) is 0 Å². The summed E-state index contributed by atoms with van der Waals surface area (Å²) in [6.45, 7) is 2.13. The van der Waals surface area contributed by atoms with E-state index < -0.39 is 0 Å². The van der Waals surface area contributed by atoms with Crippen molar-refractivity contribution in [3.63, 3.8) is 0 Å². The third-order valence-electron chi connectivity index (χ3n) is 3.21. The molecule has 2 aromatic carbocycles. The van der Waals surface area contributed by atoms with E-state index in [0.717, 1.165) is 18.5 Å². The first-order chi connectivity index (χ1) is 10.1. The fourth-order valence-electron chi connectivity index (χ4n) is 2.04. The van der Waals surface area contributed by atoms with E-state index in [1.165, 1.54) is 5.56 Å². The minimum Gasteiger partial charge on any atom is -0.360 e. The van der Waals surface area contributed by atoms with E-state index in [2.05, 4.69) is 41.8 Å². The van der Waals surface area contributed by atoms with E-state index in [9.17, 15) is 0 Å². The SMILES string of the molecule is CC(CCc1ccccc1)NC(=S)Nc1ccccc1Cl. The van der Waals surface area contributed by atoms with E-state index in [1.807, 2.05) is 30.3 Å². The van der Waals surface area contributed by atoms with Gasteiger partial charge in [-0.05, 0) is 49.7 Å². The van der Waals surface area contributed by atoms with Gasteiger partial charge in [-0.3, -0.25) is 0 Å². The molecule has 0 spiro atoms. The Hall–Kier alpha value is -1.58. The number of para-hydroxylation sites is 1. The summed E-state index contributed by atoms with van der Waals surface area (Å²) in [6, 6.07) is 18.3. The standard InChI is InChI=1S/C17H19ClN2S/c1-13(11-12-14-7-3-2-4-8-14)19-17(21)20-16-10-6-5-9-15(16)18/h2-10,13H,11-12H2,1H3,(H2,19,20,21). The topological polar surface area (TPSA) is 24.1 Å². The van der Waals surface area contributed by atoms with Crippen molar-refractivity contribution in [2.75, 3.05) is 5.32 Å². The average Bonchev–Trinajstić information content (AvgIpc) is 2.48. The number of hydrogen-bond acceptors (Lipinski definition) is 1. The van der Waals surface area contributed by atoms with Crippen LogP contribution in [0, 0.1) is 0 Å². The molecule has 1 atom stereocenters. The highest BCUT2D eigenvalue weighted by Gasteiger charge is 2.06. The average molecular weight is 319 g/mol. The highest BCUT2D eigenvalue weighted by atomic mass is 35.5. The van der Waals surface area contributed by atoms with Gasteiger partial charge in [0.05, 0.1) is 10.7 Å². The van der Waals surface area contributed by atoms with Crippen molar-refractivity contribution in [3.05, 3.63) is 65.2 Å². The van der Waals surface area contributed by atoms with Gasteiger partial charge in [0.2, 0.25) is 0 Å². The van der Waals surface area contributed by atoms with Crippen LogP contribution in [0.4, 0.5) is 5.69 Å². The first-order valence-electron chi connectivity index (χ1n) is 7.01. The van der Waals surface area contributed by atoms with E-state index in [-0.39, 0.29) is 0 Å². The maximum atomic E-state index is 6.10. The molecule has 0 heterocycles. The Bertz CT molecular complexity index is 586. The first kappa shape index (κ1) is 15.8. The molecule has 0 aliphatic carbocycles. The van der Waals surface area contributed by atoms with Crippen molar-refractivity contribution in [1.82, 2.24) is 5.32 Å². The maximum Gasteiger partial charge on any atom is 0.171 e. The molecule has 2 N–H and O–H groups in total. The number of anilines is 1. The number of aryl methyl sites for hydroxylation is 1. The maximum absolute atomic E-state index is 6.10. The number of hydrogen-bond donors (Lipinski definition) is 2. The van der Waals surface area contributed by atoms with Crippen molar-refractivity contribution >= 4 is 34.6 Å². The lowest BCUT2D eigenvalue weighted by molar-refractivity contribution is 0.609. The van der Waals surface area contributed by atoms with Crippen LogP contribution in [0.25, 0.3) is 0 Å². The number of benzene rings is 2. The van der Waals surface area contributed by atoms with Gasteiger partial charge in [0, 0.05) is 6.04 Å². The van der Waals surface area contributed by atoms with Crippen molar-refractivity contribution in [2.45, 2.75) is 25.8 Å². The lowest BCUT2D eigenvalue weighted by atomic mass is 10.1. The molecule has 0 aliphatic rings. The van der Waals surface area contributed by atoms with Gasteiger partial charge in [-0.1, -0.05) is 54.1 Å². The van der Waals surface area contributed by atoms with Crippen LogP contribution in [-0.4, -0.2) is 11.2 Å². The molecule has 0 aliphatic heterocycles. The van der Waals surface area contributed by atoms with Crippen LogP contribution < -0.4 is 10.6 Å². The fraction of sp³-hybridized carbons (Fsp3) is 0.235. The Morgan fingerprint density at radius 3 is 2.48 bits per heavy atom. The summed E-state index contributed by atoms with van der Waals surface area (Å²) >= 11 is 11.4. The molecule has 1 unspecified atom stereocenters. The van der Waals surface area contributed by atoms with Crippen LogP contribution in [-0.2, 0) is 6.42 Å². The van der Waals surface area contributed by atoms with Gasteiger partial charge in [-0.2, -0.15) is 0 Å². The van der Waals surface area contributed by atoms with Crippen LogP contribution >= 0.6 is 23.8 Å². The predicted octanol–water partition coefficient (Wildman–Crippen LogP) is 4.65. The van der Waals surface area contributed by atoms with Crippen molar-refractivity contribution in [1.29, 1.82) is 0 Å². The molecule has 4 heteroatoms. The molecule has 0 saturated carbocycles. The molecule has 0 bridgehead atoms. The fourth-order valence-corrected chi connectivity index (χ4v) is 2.54. The number of nitrogens with one attached hydrogen (secondary N) is 2. The van der Waals surface area contributed by atoms with Crippen LogP contribution in [0.15, 0.2) is 54.6 Å². The Labute approximate surface area is 136 Å². The molecule has 0 radical (unpaired) electrons. The Kier molecular flexibility index (Phi) is 6.03. The summed E-state index contributed by atoms with van der Waals surface area (Å²) in [4.78, 5) is 0. The van der Waals surface area contributed by atoms with E-state index in [0.29, 0.717) is 16.2 Å². The second kappa shape index (κ2) is 8.01. The third-order valence-corrected chi connectivity index (χ3v) is 3.76. The molecule has 2 rings (SSSR count). The largest absolute Gasteiger partial charge is 0.360 e. The van der Waals surface area contributed by atoms with E-state index >= 15 is 0 Å². The molecule has 21 heavy (non-hydrogen) atoms. The number of halogens is 1. The molecule has 2 nitrogen and oxygen atoms in total. The number of thiocarbonyl (C=S) groups is 1. The van der Waals surface area contributed by atoms with Gasteiger partial charge >= 0.3 is 0 Å². The second-order valence-corrected chi connectivity index (χ2v) is 5.82. The number of rotatable bonds is 5. The molecule has 0 fully saturated rings. The van der Waals surface area contributed by atoms with E-state index in [4.69, 9.17) is 23.8 Å². The highest BCUT2D eigenvalue weighted by Crippen LogP contribution is 2.20. The van der Waals surface area contributed by atoms with Crippen LogP contribution in [0.2, 0.25) is 5.02 Å². The predicted molar refractivity (Wildman–Crippen MR) is 95.0 cm³/mol. The Balaban J connectivity index is 1.78. The second-order valence-electron chi connectivity index (χ2n) is 5.00. The monoisotopic (exact) mass is 318 g/mol. The Morgan fingerprint density at radius 1 is 1.10 bits per heavy atom. The minimum atomic E-state index is 0.299. The van der Waals surface area contributed by atoms with Crippen molar-refractivity contribution < 1.29 is 0 Å². The molecule has 0 saturated heterocycles. The van der Waals surface area contributed by atoms with Crippen molar-refractivity contribution in [3.8, 4) is 0 Å². The summed E-state index contributed by atoms with van der Waals surface area (Å²) in [7, 11) is 0. The molecule has 0 aromatic heterocycles. The van der Waals surface area contributed by atoms with Gasteiger partial charge in [0.15, 0.2) is 5.11 Å². The Morgan fingerprint density at radius 2 is 1.76 bits per heavy atom. The van der Waals surface area contributed by atoms with Crippen LogP contribution in [0.3, 0.4) is 0 Å². The van der Waals surface area contributed by atoms with Crippen LogP contribution in [0.1, 0.15) is 18.9 Å². The third kappa shape index (κ3) is 5.37. The molecule has 0 amide bonds. The zero-order valence-electron chi connectivity index (χ0n) is 12.0. The lowest BCUT2D eigenvalue weighted by Gasteiger charge is -2.17. The van der Waals surface area contributed by atoms with Crippen molar-refractivity contribution in [2.24, 2.45) is 0 Å². The normalized spacial score (nSPS) is 11.7. The quantitative estimate of drug-likeness (QED) is 0.785. The summed E-state index contributed by atoms with van der Waals surface area (Å²) in [5, 5.41) is 7.68. The van der Waals surface area contributed by atoms with Gasteiger partial charge in [0.25, 0.3) is 0 Å². The molecule has 2 aromatic rings. The lowest BCUT2D eigenvalue weighted by Crippen LogP contribution is -2.36. The molecule has 110 valence electrons. The zero-order valence-corrected chi connectivity index (χ0v) is 13.5. The summed E-state index contributed by atoms with van der Waals surface area (Å²) < 4.78 is 0. The minimum absolute atomic E-state index is 0.299. The summed E-state index contributed by atoms with van der Waals surface area (Å²) in [6.07, 6.45) is 2.05. The highest BCUT2D eigenvalue weighted by molar-refractivity contribution is 7.80. The van der Waals surface area contributed by atoms with E-state index in [1.54, 1.807) is 0 Å². The zero-order chi connectivity index (χ0) is 15.1. The summed E-state index contributed by atoms with van der Waals surface area (Å²) in [5.74, 6) is 0. The van der Waals surface area contributed by atoms with Gasteiger partial charge < -0.3 is 10.6 Å². The molecular formula is C17H19ClN2S. The summed E-state index contributed by atoms with van der Waals surface area (Å²) in [5.41, 5.74) is 2.17. The van der Waals surface area contributed by atoms with Gasteiger partial charge in [0.1, 0.15) is 0 Å². The smallest absolute Gasteiger partial charge is 0.171 e.